The molecular weight excluding hydrogens is 287 g/mol. The monoisotopic (exact) mass is 308 g/mol. The molecule has 4 nitrogen and oxygen atoms in total. The van der Waals surface area contributed by atoms with Gasteiger partial charge in [0.05, 0.1) is 5.52 Å². The molecule has 0 saturated heterocycles. The van der Waals surface area contributed by atoms with Gasteiger partial charge in [0.25, 0.3) is 5.56 Å². The predicted octanol–water partition coefficient (Wildman–Crippen LogP) is 3.16. The van der Waals surface area contributed by atoms with E-state index in [1.807, 2.05) is 0 Å². The van der Waals surface area contributed by atoms with E-state index < -0.39 is 19.5 Å². The van der Waals surface area contributed by atoms with Crippen LogP contribution in [0.1, 0.15) is 5.56 Å². The van der Waals surface area contributed by atoms with Gasteiger partial charge < -0.3 is 4.74 Å². The average Bonchev–Trinajstić information content (AvgIpc) is 2.39. The van der Waals surface area contributed by atoms with Crippen molar-refractivity contribution in [2.45, 2.75) is 39.3 Å². The molecule has 114 valence electrons. The third-order valence-corrected chi connectivity index (χ3v) is 5.05. The molecule has 21 heavy (non-hydrogen) atoms. The van der Waals surface area contributed by atoms with E-state index >= 15 is 0 Å². The molecule has 0 aliphatic heterocycles. The van der Waals surface area contributed by atoms with Gasteiger partial charge in [0.1, 0.15) is 24.3 Å². The summed E-state index contributed by atoms with van der Waals surface area (Å²) in [6.07, 6.45) is 1.41. The van der Waals surface area contributed by atoms with Gasteiger partial charge in [-0.3, -0.25) is 9.36 Å². The van der Waals surface area contributed by atoms with Crippen molar-refractivity contribution in [2.24, 2.45) is 0 Å². The summed E-state index contributed by atoms with van der Waals surface area (Å²) in [5.74, 6) is -0.499. The second kappa shape index (κ2) is 6.07. The first-order chi connectivity index (χ1) is 9.79. The third kappa shape index (κ3) is 3.77. The maximum Gasteiger partial charge on any atom is 0.266 e. The number of ether oxygens (including phenoxy) is 1. The summed E-state index contributed by atoms with van der Waals surface area (Å²) >= 11 is 0. The van der Waals surface area contributed by atoms with Crippen LogP contribution in [0.3, 0.4) is 0 Å². The predicted molar refractivity (Wildman–Crippen MR) is 84.8 cm³/mol. The van der Waals surface area contributed by atoms with Crippen LogP contribution in [-0.4, -0.2) is 24.2 Å². The number of benzene rings is 1. The Bertz CT molecular complexity index is 707. The van der Waals surface area contributed by atoms with Crippen molar-refractivity contribution in [3.63, 3.8) is 0 Å². The largest absolute Gasteiger partial charge is 0.361 e. The van der Waals surface area contributed by atoms with Crippen molar-refractivity contribution in [1.82, 2.24) is 9.55 Å². The van der Waals surface area contributed by atoms with Crippen molar-refractivity contribution < 1.29 is 9.13 Å². The van der Waals surface area contributed by atoms with Crippen molar-refractivity contribution in [2.75, 3.05) is 6.61 Å². The second-order valence-corrected chi connectivity index (χ2v) is 12.1. The average molecular weight is 308 g/mol. The topological polar surface area (TPSA) is 44.1 Å². The van der Waals surface area contributed by atoms with E-state index in [9.17, 15) is 9.18 Å². The lowest BCUT2D eigenvalue weighted by Crippen LogP contribution is -2.25. The molecule has 0 unspecified atom stereocenters. The molecule has 0 fully saturated rings. The fourth-order valence-electron chi connectivity index (χ4n) is 1.94. The number of hydrogen-bond acceptors (Lipinski definition) is 3. The van der Waals surface area contributed by atoms with Crippen molar-refractivity contribution in [3.05, 3.63) is 40.2 Å². The molecule has 2 rings (SSSR count). The van der Waals surface area contributed by atoms with Gasteiger partial charge >= 0.3 is 0 Å². The van der Waals surface area contributed by atoms with Crippen molar-refractivity contribution >= 4 is 19.0 Å². The van der Waals surface area contributed by atoms with E-state index in [2.05, 4.69) is 24.6 Å². The van der Waals surface area contributed by atoms with E-state index in [0.29, 0.717) is 17.7 Å². The van der Waals surface area contributed by atoms with Gasteiger partial charge in [-0.15, -0.1) is 0 Å². The summed E-state index contributed by atoms with van der Waals surface area (Å²) in [7, 11) is -1.16. The lowest BCUT2D eigenvalue weighted by molar-refractivity contribution is 0.0844. The highest BCUT2D eigenvalue weighted by atomic mass is 28.3. The molecule has 0 saturated carbocycles. The van der Waals surface area contributed by atoms with Gasteiger partial charge in [-0.2, -0.15) is 0 Å². The zero-order chi connectivity index (χ0) is 15.6. The summed E-state index contributed by atoms with van der Waals surface area (Å²) in [4.78, 5) is 16.4. The number of halogens is 1. The summed E-state index contributed by atoms with van der Waals surface area (Å²) < 4.78 is 20.9. The van der Waals surface area contributed by atoms with E-state index in [-0.39, 0.29) is 12.1 Å². The molecule has 1 heterocycles. The zero-order valence-corrected chi connectivity index (χ0v) is 13.9. The Morgan fingerprint density at radius 2 is 2.05 bits per heavy atom. The first kappa shape index (κ1) is 15.8. The highest BCUT2D eigenvalue weighted by Crippen LogP contribution is 2.15. The van der Waals surface area contributed by atoms with Crippen molar-refractivity contribution in [3.8, 4) is 0 Å². The van der Waals surface area contributed by atoms with Crippen LogP contribution in [0, 0.1) is 12.7 Å². The van der Waals surface area contributed by atoms with Crippen LogP contribution in [0.25, 0.3) is 10.9 Å². The number of aromatic nitrogens is 2. The quantitative estimate of drug-likeness (QED) is 0.629. The molecule has 1 aromatic carbocycles. The Kier molecular flexibility index (Phi) is 4.58. The zero-order valence-electron chi connectivity index (χ0n) is 12.9. The Balaban J connectivity index is 2.20. The first-order valence-corrected chi connectivity index (χ1v) is 10.7. The van der Waals surface area contributed by atoms with Gasteiger partial charge in [-0.25, -0.2) is 9.37 Å². The van der Waals surface area contributed by atoms with E-state index in [0.717, 1.165) is 6.04 Å². The fourth-order valence-corrected chi connectivity index (χ4v) is 2.70. The number of rotatable bonds is 5. The van der Waals surface area contributed by atoms with Crippen LogP contribution >= 0.6 is 0 Å². The Morgan fingerprint density at radius 1 is 1.33 bits per heavy atom. The van der Waals surface area contributed by atoms with Crippen LogP contribution in [0.15, 0.2) is 23.3 Å². The normalized spacial score (nSPS) is 12.0. The van der Waals surface area contributed by atoms with Crippen LogP contribution < -0.4 is 5.56 Å². The summed E-state index contributed by atoms with van der Waals surface area (Å²) in [6.45, 7) is 9.14. The van der Waals surface area contributed by atoms with Crippen LogP contribution in [0.4, 0.5) is 4.39 Å². The molecule has 0 aliphatic carbocycles. The lowest BCUT2D eigenvalue weighted by atomic mass is 10.1. The standard InChI is InChI=1S/C15H21FN2O2Si/c1-11-5-6-12-13(14(11)16)15(19)18(9-17-12)10-20-7-8-21(2,3)4/h5-6,9H,7-8,10H2,1-4H3. The molecule has 0 aliphatic rings. The number of fused-ring (bicyclic) bond motifs is 1. The minimum Gasteiger partial charge on any atom is -0.361 e. The highest BCUT2D eigenvalue weighted by molar-refractivity contribution is 6.76. The Hall–Kier alpha value is -1.53. The van der Waals surface area contributed by atoms with Gasteiger partial charge in [0.15, 0.2) is 0 Å². The minimum atomic E-state index is -1.16. The van der Waals surface area contributed by atoms with Gasteiger partial charge in [0, 0.05) is 14.7 Å². The molecule has 0 amide bonds. The smallest absolute Gasteiger partial charge is 0.266 e. The summed E-state index contributed by atoms with van der Waals surface area (Å²) in [5.41, 5.74) is 0.425. The summed E-state index contributed by atoms with van der Waals surface area (Å²) in [6, 6.07) is 4.31. The minimum absolute atomic E-state index is 0.0336. The lowest BCUT2D eigenvalue weighted by Gasteiger charge is -2.15. The van der Waals surface area contributed by atoms with Crippen LogP contribution in [0.2, 0.25) is 25.7 Å². The van der Waals surface area contributed by atoms with E-state index in [4.69, 9.17) is 4.74 Å². The third-order valence-electron chi connectivity index (χ3n) is 3.35. The Labute approximate surface area is 124 Å². The summed E-state index contributed by atoms with van der Waals surface area (Å²) in [5, 5.41) is 0.0336. The fraction of sp³-hybridized carbons (Fsp3) is 0.467. The molecule has 2 aromatic rings. The second-order valence-electron chi connectivity index (χ2n) is 6.46. The highest BCUT2D eigenvalue weighted by Gasteiger charge is 2.13. The maximum atomic E-state index is 14.1. The number of aryl methyl sites for hydroxylation is 1. The van der Waals surface area contributed by atoms with Crippen LogP contribution in [-0.2, 0) is 11.5 Å². The molecule has 0 spiro atoms. The van der Waals surface area contributed by atoms with E-state index in [1.54, 1.807) is 19.1 Å². The maximum absolute atomic E-state index is 14.1. The molecule has 6 heteroatoms. The van der Waals surface area contributed by atoms with E-state index in [1.165, 1.54) is 10.9 Å². The molecule has 0 atom stereocenters. The molecule has 1 aromatic heterocycles. The SMILES string of the molecule is Cc1ccc2ncn(COCC[Si](C)(C)C)c(=O)c2c1F. The Morgan fingerprint density at radius 3 is 2.71 bits per heavy atom. The molecule has 0 radical (unpaired) electrons. The first-order valence-electron chi connectivity index (χ1n) is 7.01. The molecular formula is C15H21FN2O2Si. The number of hydrogen-bond donors (Lipinski definition) is 0. The molecule has 0 N–H and O–H groups in total. The van der Waals surface area contributed by atoms with Gasteiger partial charge in [0.2, 0.25) is 0 Å². The van der Waals surface area contributed by atoms with Crippen molar-refractivity contribution in [1.29, 1.82) is 0 Å². The van der Waals surface area contributed by atoms with Gasteiger partial charge in [-0.05, 0) is 24.6 Å². The molecule has 0 bridgehead atoms. The van der Waals surface area contributed by atoms with Gasteiger partial charge in [-0.1, -0.05) is 25.7 Å². The van der Waals surface area contributed by atoms with Crippen LogP contribution in [0.5, 0.6) is 0 Å². The number of nitrogens with zero attached hydrogens (tertiary/aromatic N) is 2.